The first-order valence-corrected chi connectivity index (χ1v) is 11.3. The van der Waals surface area contributed by atoms with Gasteiger partial charge in [-0.2, -0.15) is 0 Å². The van der Waals surface area contributed by atoms with Crippen LogP contribution in [0.3, 0.4) is 0 Å². The van der Waals surface area contributed by atoms with Gasteiger partial charge in [-0.15, -0.1) is 0 Å². The first kappa shape index (κ1) is 23.2. The summed E-state index contributed by atoms with van der Waals surface area (Å²) >= 11 is 0. The summed E-state index contributed by atoms with van der Waals surface area (Å²) in [6.45, 7) is 5.72. The lowest BCUT2D eigenvalue weighted by Crippen LogP contribution is -2.49. The molecule has 2 heterocycles. The van der Waals surface area contributed by atoms with Gasteiger partial charge in [-0.25, -0.2) is 4.39 Å². The number of aromatic nitrogens is 1. The van der Waals surface area contributed by atoms with Crippen LogP contribution < -0.4 is 5.56 Å². The largest absolute Gasteiger partial charge is 0.507 e. The first-order chi connectivity index (χ1) is 16.0. The van der Waals surface area contributed by atoms with Crippen LogP contribution in [0.4, 0.5) is 4.39 Å². The number of halogens is 1. The number of pyridine rings is 1. The number of aliphatic hydroxyl groups excluding tert-OH is 1. The highest BCUT2D eigenvalue weighted by Crippen LogP contribution is 2.33. The van der Waals surface area contributed by atoms with Crippen molar-refractivity contribution in [3.8, 4) is 5.75 Å². The average molecular weight is 452 g/mol. The Balaban J connectivity index is 1.77. The van der Waals surface area contributed by atoms with Crippen molar-refractivity contribution >= 4 is 0 Å². The van der Waals surface area contributed by atoms with Crippen molar-refractivity contribution in [2.45, 2.75) is 19.5 Å². The number of benzene rings is 2. The van der Waals surface area contributed by atoms with Crippen LogP contribution in [0.25, 0.3) is 0 Å². The van der Waals surface area contributed by atoms with E-state index in [9.17, 15) is 19.4 Å². The fraction of sp³-hybridized carbons (Fsp3) is 0.346. The molecule has 1 saturated heterocycles. The van der Waals surface area contributed by atoms with Gasteiger partial charge in [0.25, 0.3) is 5.56 Å². The van der Waals surface area contributed by atoms with Gasteiger partial charge in [-0.3, -0.25) is 14.6 Å². The molecule has 174 valence electrons. The van der Waals surface area contributed by atoms with Gasteiger partial charge in [0.1, 0.15) is 11.6 Å². The minimum Gasteiger partial charge on any atom is -0.507 e. The molecule has 1 aliphatic rings. The van der Waals surface area contributed by atoms with E-state index in [0.717, 1.165) is 24.2 Å². The highest BCUT2D eigenvalue weighted by atomic mass is 19.1. The number of hydrogen-bond donors (Lipinski definition) is 2. The van der Waals surface area contributed by atoms with Crippen molar-refractivity contribution in [3.05, 3.63) is 99.2 Å². The van der Waals surface area contributed by atoms with Crippen LogP contribution >= 0.6 is 0 Å². The quantitative estimate of drug-likeness (QED) is 0.578. The number of piperazine rings is 1. The van der Waals surface area contributed by atoms with Gasteiger partial charge in [0, 0.05) is 38.4 Å². The molecule has 0 saturated carbocycles. The molecule has 0 amide bonds. The van der Waals surface area contributed by atoms with Gasteiger partial charge >= 0.3 is 0 Å². The maximum Gasteiger partial charge on any atom is 0.259 e. The van der Waals surface area contributed by atoms with E-state index in [1.807, 2.05) is 37.3 Å². The van der Waals surface area contributed by atoms with Crippen LogP contribution in [0.2, 0.25) is 0 Å². The zero-order chi connectivity index (χ0) is 23.4. The van der Waals surface area contributed by atoms with Gasteiger partial charge in [-0.1, -0.05) is 42.5 Å². The summed E-state index contributed by atoms with van der Waals surface area (Å²) in [4.78, 5) is 18.1. The van der Waals surface area contributed by atoms with E-state index in [2.05, 4.69) is 9.80 Å². The average Bonchev–Trinajstić information content (AvgIpc) is 2.82. The molecule has 0 aliphatic carbocycles. The highest BCUT2D eigenvalue weighted by Gasteiger charge is 2.31. The van der Waals surface area contributed by atoms with E-state index in [4.69, 9.17) is 0 Å². The van der Waals surface area contributed by atoms with E-state index in [-0.39, 0.29) is 23.7 Å². The monoisotopic (exact) mass is 451 g/mol. The molecule has 0 bridgehead atoms. The van der Waals surface area contributed by atoms with Crippen molar-refractivity contribution in [3.63, 3.8) is 0 Å². The van der Waals surface area contributed by atoms with E-state index in [1.165, 1.54) is 12.1 Å². The molecule has 6 nitrogen and oxygen atoms in total. The standard InChI is InChI=1S/C26H30FN3O3/c1-19-17-23(32)24(26(33)30(19)18-20-5-3-2-4-6-20)25(21-7-9-22(27)10-8-21)29-13-11-28(12-14-29)15-16-31/h2-10,17,25,31-32H,11-16,18H2,1H3/t25-/m0/s1. The van der Waals surface area contributed by atoms with Crippen molar-refractivity contribution in [2.24, 2.45) is 0 Å². The lowest BCUT2D eigenvalue weighted by molar-refractivity contribution is 0.0932. The molecule has 1 aliphatic heterocycles. The molecule has 1 atom stereocenters. The summed E-state index contributed by atoms with van der Waals surface area (Å²) in [5.74, 6) is -0.395. The van der Waals surface area contributed by atoms with E-state index in [0.29, 0.717) is 37.4 Å². The Kier molecular flexibility index (Phi) is 7.23. The van der Waals surface area contributed by atoms with E-state index in [1.54, 1.807) is 22.8 Å². The minimum atomic E-state index is -0.503. The smallest absolute Gasteiger partial charge is 0.259 e. The second-order valence-corrected chi connectivity index (χ2v) is 8.52. The number of hydrogen-bond acceptors (Lipinski definition) is 5. The molecule has 3 aromatic rings. The molecule has 1 aromatic heterocycles. The van der Waals surface area contributed by atoms with Crippen molar-refractivity contribution in [1.29, 1.82) is 0 Å². The number of nitrogens with zero attached hydrogens (tertiary/aromatic N) is 3. The number of β-amino-alcohol motifs (C(OH)–C–C–N with tert-alkyl or cyclic N) is 1. The molecular weight excluding hydrogens is 421 g/mol. The molecule has 33 heavy (non-hydrogen) atoms. The van der Waals surface area contributed by atoms with Crippen LogP contribution in [-0.4, -0.2) is 63.9 Å². The SMILES string of the molecule is Cc1cc(O)c([C@H](c2ccc(F)cc2)N2CCN(CCO)CC2)c(=O)n1Cc1ccccc1. The van der Waals surface area contributed by atoms with Gasteiger partial charge < -0.3 is 14.8 Å². The number of aryl methyl sites for hydroxylation is 1. The fourth-order valence-electron chi connectivity index (χ4n) is 4.58. The Hall–Kier alpha value is -3.00. The predicted octanol–water partition coefficient (Wildman–Crippen LogP) is 2.75. The Morgan fingerprint density at radius 2 is 1.67 bits per heavy atom. The third-order valence-corrected chi connectivity index (χ3v) is 6.35. The van der Waals surface area contributed by atoms with Gasteiger partial charge in [0.2, 0.25) is 0 Å². The summed E-state index contributed by atoms with van der Waals surface area (Å²) < 4.78 is 15.4. The molecule has 0 radical (unpaired) electrons. The summed E-state index contributed by atoms with van der Waals surface area (Å²) in [6.07, 6.45) is 0. The second-order valence-electron chi connectivity index (χ2n) is 8.52. The lowest BCUT2D eigenvalue weighted by Gasteiger charge is -2.39. The van der Waals surface area contributed by atoms with Crippen LogP contribution in [0.15, 0.2) is 65.5 Å². The summed E-state index contributed by atoms with van der Waals surface area (Å²) in [5, 5.41) is 20.2. The Labute approximate surface area is 193 Å². The lowest BCUT2D eigenvalue weighted by atomic mass is 9.95. The van der Waals surface area contributed by atoms with Crippen molar-refractivity contribution in [2.75, 3.05) is 39.3 Å². The second kappa shape index (κ2) is 10.3. The van der Waals surface area contributed by atoms with Crippen molar-refractivity contribution in [1.82, 2.24) is 14.4 Å². The summed E-state index contributed by atoms with van der Waals surface area (Å²) in [5.41, 5.74) is 2.49. The molecule has 4 rings (SSSR count). The molecule has 0 spiro atoms. The highest BCUT2D eigenvalue weighted by molar-refractivity contribution is 5.41. The zero-order valence-electron chi connectivity index (χ0n) is 18.8. The van der Waals surface area contributed by atoms with Gasteiger partial charge in [0.15, 0.2) is 0 Å². The van der Waals surface area contributed by atoms with Crippen molar-refractivity contribution < 1.29 is 14.6 Å². The zero-order valence-corrected chi connectivity index (χ0v) is 18.8. The molecule has 1 fully saturated rings. The predicted molar refractivity (Wildman–Crippen MR) is 126 cm³/mol. The number of rotatable bonds is 7. The maximum atomic E-state index is 13.8. The molecular formula is C26H30FN3O3. The minimum absolute atomic E-state index is 0.0473. The maximum absolute atomic E-state index is 13.8. The van der Waals surface area contributed by atoms with Crippen LogP contribution in [0.5, 0.6) is 5.75 Å². The van der Waals surface area contributed by atoms with E-state index >= 15 is 0 Å². The fourth-order valence-corrected chi connectivity index (χ4v) is 4.58. The molecule has 2 aromatic carbocycles. The first-order valence-electron chi connectivity index (χ1n) is 11.3. The summed E-state index contributed by atoms with van der Waals surface area (Å²) in [6, 6.07) is 17.0. The van der Waals surface area contributed by atoms with Crippen LogP contribution in [0, 0.1) is 12.7 Å². The Bertz CT molecular complexity index is 1120. The molecule has 0 unspecified atom stereocenters. The number of aromatic hydroxyl groups is 1. The third kappa shape index (κ3) is 5.16. The van der Waals surface area contributed by atoms with Gasteiger partial charge in [0.05, 0.1) is 24.8 Å². The topological polar surface area (TPSA) is 68.9 Å². The van der Waals surface area contributed by atoms with Crippen LogP contribution in [-0.2, 0) is 6.54 Å². The normalized spacial score (nSPS) is 16.1. The van der Waals surface area contributed by atoms with Crippen LogP contribution in [0.1, 0.15) is 28.4 Å². The molecule has 7 heteroatoms. The van der Waals surface area contributed by atoms with E-state index < -0.39 is 6.04 Å². The number of aliphatic hydroxyl groups is 1. The molecule has 2 N–H and O–H groups in total. The Morgan fingerprint density at radius 1 is 1.00 bits per heavy atom. The summed E-state index contributed by atoms with van der Waals surface area (Å²) in [7, 11) is 0. The third-order valence-electron chi connectivity index (χ3n) is 6.35. The van der Waals surface area contributed by atoms with Gasteiger partial charge in [-0.05, 0) is 36.2 Å². The Morgan fingerprint density at radius 3 is 2.30 bits per heavy atom.